The summed E-state index contributed by atoms with van der Waals surface area (Å²) < 4.78 is 22.7. The molecule has 178 valence electrons. The SMILES string of the molecule is Cc1ccc(F)c2c([C@@H]3O[C@H](CO)[C@@H](O)[C@H](O)[C@H]3O)cn(Cc3ccc(CCCO)cc3)c12. The largest absolute Gasteiger partial charge is 0.396 e. The van der Waals surface area contributed by atoms with Crippen LogP contribution in [0.15, 0.2) is 42.6 Å². The minimum atomic E-state index is -1.54. The van der Waals surface area contributed by atoms with Crippen LogP contribution in [0.3, 0.4) is 0 Å². The molecule has 1 aromatic heterocycles. The normalized spacial score (nSPS) is 25.6. The third-order valence-electron chi connectivity index (χ3n) is 6.40. The summed E-state index contributed by atoms with van der Waals surface area (Å²) in [7, 11) is 0. The smallest absolute Gasteiger partial charge is 0.132 e. The van der Waals surface area contributed by atoms with E-state index in [0.717, 1.165) is 23.1 Å². The molecule has 4 rings (SSSR count). The predicted molar refractivity (Wildman–Crippen MR) is 120 cm³/mol. The highest BCUT2D eigenvalue weighted by Crippen LogP contribution is 2.39. The second kappa shape index (κ2) is 9.89. The van der Waals surface area contributed by atoms with Crippen molar-refractivity contribution in [3.05, 3.63) is 70.7 Å². The molecule has 8 heteroatoms. The maximum Gasteiger partial charge on any atom is 0.132 e. The molecule has 0 bridgehead atoms. The molecule has 33 heavy (non-hydrogen) atoms. The maximum absolute atomic E-state index is 15.1. The van der Waals surface area contributed by atoms with Gasteiger partial charge in [0.05, 0.1) is 12.1 Å². The van der Waals surface area contributed by atoms with Crippen LogP contribution in [0.1, 0.15) is 34.8 Å². The molecule has 0 saturated carbocycles. The van der Waals surface area contributed by atoms with E-state index in [1.807, 2.05) is 35.8 Å². The van der Waals surface area contributed by atoms with Crippen LogP contribution in [0.2, 0.25) is 0 Å². The van der Waals surface area contributed by atoms with Gasteiger partial charge in [-0.05, 0) is 42.5 Å². The van der Waals surface area contributed by atoms with Crippen molar-refractivity contribution >= 4 is 10.9 Å². The minimum Gasteiger partial charge on any atom is -0.396 e. The van der Waals surface area contributed by atoms with Crippen molar-refractivity contribution in [3.8, 4) is 0 Å². The summed E-state index contributed by atoms with van der Waals surface area (Å²) in [5.41, 5.74) is 3.94. The molecule has 1 aliphatic rings. The molecular weight excluding hydrogens is 429 g/mol. The number of fused-ring (bicyclic) bond motifs is 1. The molecule has 5 atom stereocenters. The highest BCUT2D eigenvalue weighted by Gasteiger charge is 2.45. The fourth-order valence-corrected chi connectivity index (χ4v) is 4.60. The van der Waals surface area contributed by atoms with Crippen molar-refractivity contribution in [2.24, 2.45) is 0 Å². The Morgan fingerprint density at radius 2 is 1.64 bits per heavy atom. The Bertz CT molecular complexity index is 1100. The molecule has 0 amide bonds. The van der Waals surface area contributed by atoms with Crippen molar-refractivity contribution < 1.29 is 34.7 Å². The summed E-state index contributed by atoms with van der Waals surface area (Å²) in [5.74, 6) is -0.485. The highest BCUT2D eigenvalue weighted by atomic mass is 19.1. The van der Waals surface area contributed by atoms with Gasteiger partial charge in [0.1, 0.15) is 36.3 Å². The summed E-state index contributed by atoms with van der Waals surface area (Å²) in [6.45, 7) is 1.90. The molecule has 1 aliphatic heterocycles. The number of aromatic nitrogens is 1. The van der Waals surface area contributed by atoms with Gasteiger partial charge in [0.25, 0.3) is 0 Å². The summed E-state index contributed by atoms with van der Waals surface area (Å²) in [6, 6.07) is 11.0. The zero-order valence-corrected chi connectivity index (χ0v) is 18.4. The minimum absolute atomic E-state index is 0.142. The van der Waals surface area contributed by atoms with Crippen LogP contribution in [0.25, 0.3) is 10.9 Å². The molecular formula is C25H30FNO6. The Balaban J connectivity index is 1.74. The third kappa shape index (κ3) is 4.55. The molecule has 7 nitrogen and oxygen atoms in total. The van der Waals surface area contributed by atoms with Crippen molar-refractivity contribution in [3.63, 3.8) is 0 Å². The predicted octanol–water partition coefficient (Wildman–Crippen LogP) is 1.58. The number of nitrogens with zero attached hydrogens (tertiary/aromatic N) is 1. The van der Waals surface area contributed by atoms with Crippen LogP contribution in [-0.2, 0) is 17.7 Å². The number of aryl methyl sites for hydroxylation is 2. The summed E-state index contributed by atoms with van der Waals surface area (Å²) in [4.78, 5) is 0. The Morgan fingerprint density at radius 1 is 0.939 bits per heavy atom. The van der Waals surface area contributed by atoms with Gasteiger partial charge in [-0.15, -0.1) is 0 Å². The lowest BCUT2D eigenvalue weighted by Crippen LogP contribution is -2.55. The van der Waals surface area contributed by atoms with Gasteiger partial charge < -0.3 is 34.8 Å². The standard InChI is InChI=1S/C25H30FNO6/c1-14-4-9-18(26)20-17(25-24(32)23(31)22(30)19(13-29)33-25)12-27(21(14)20)11-16-7-5-15(6-8-16)3-2-10-28/h4-9,12,19,22-25,28-32H,2-3,10-11,13H2,1H3/t19-,22-,23+,24-,25+/m1/s1. The van der Waals surface area contributed by atoms with Gasteiger partial charge in [0, 0.05) is 30.3 Å². The van der Waals surface area contributed by atoms with E-state index < -0.39 is 42.9 Å². The molecule has 1 saturated heterocycles. The Kier molecular flexibility index (Phi) is 7.13. The van der Waals surface area contributed by atoms with E-state index in [-0.39, 0.29) is 12.0 Å². The second-order valence-corrected chi connectivity index (χ2v) is 8.69. The lowest BCUT2D eigenvalue weighted by atomic mass is 9.91. The average Bonchev–Trinajstić information content (AvgIpc) is 3.20. The van der Waals surface area contributed by atoms with E-state index in [2.05, 4.69) is 0 Å². The first kappa shape index (κ1) is 23.8. The maximum atomic E-state index is 15.1. The number of hydrogen-bond donors (Lipinski definition) is 5. The molecule has 0 radical (unpaired) electrons. The molecule has 2 heterocycles. The summed E-state index contributed by atoms with van der Waals surface area (Å²) in [5, 5.41) is 49.8. The van der Waals surface area contributed by atoms with Gasteiger partial charge in [-0.3, -0.25) is 0 Å². The highest BCUT2D eigenvalue weighted by molar-refractivity contribution is 5.88. The van der Waals surface area contributed by atoms with E-state index in [4.69, 9.17) is 9.84 Å². The van der Waals surface area contributed by atoms with Crippen LogP contribution in [-0.4, -0.2) is 67.7 Å². The second-order valence-electron chi connectivity index (χ2n) is 8.69. The third-order valence-corrected chi connectivity index (χ3v) is 6.40. The monoisotopic (exact) mass is 459 g/mol. The molecule has 0 spiro atoms. The first-order valence-corrected chi connectivity index (χ1v) is 11.1. The molecule has 2 aromatic carbocycles. The Morgan fingerprint density at radius 3 is 2.30 bits per heavy atom. The van der Waals surface area contributed by atoms with E-state index in [1.54, 1.807) is 12.3 Å². The molecule has 1 fully saturated rings. The van der Waals surface area contributed by atoms with Crippen LogP contribution in [0, 0.1) is 12.7 Å². The quantitative estimate of drug-likeness (QED) is 0.367. The van der Waals surface area contributed by atoms with Crippen LogP contribution in [0.5, 0.6) is 0 Å². The summed E-state index contributed by atoms with van der Waals surface area (Å²) >= 11 is 0. The van der Waals surface area contributed by atoms with Crippen molar-refractivity contribution in [2.75, 3.05) is 13.2 Å². The van der Waals surface area contributed by atoms with Gasteiger partial charge >= 0.3 is 0 Å². The number of rotatable bonds is 7. The van der Waals surface area contributed by atoms with Gasteiger partial charge in [0.2, 0.25) is 0 Å². The zero-order valence-electron chi connectivity index (χ0n) is 18.4. The number of hydrogen-bond acceptors (Lipinski definition) is 6. The number of aliphatic hydroxyl groups is 5. The zero-order chi connectivity index (χ0) is 23.7. The van der Waals surface area contributed by atoms with Gasteiger partial charge in [-0.2, -0.15) is 0 Å². The van der Waals surface area contributed by atoms with Crippen LogP contribution < -0.4 is 0 Å². The molecule has 0 aliphatic carbocycles. The Hall–Kier alpha value is -2.33. The number of benzene rings is 2. The average molecular weight is 460 g/mol. The molecule has 0 unspecified atom stereocenters. The Labute approximate surface area is 191 Å². The van der Waals surface area contributed by atoms with Gasteiger partial charge in [-0.1, -0.05) is 30.3 Å². The fraction of sp³-hybridized carbons (Fsp3) is 0.440. The molecule has 5 N–H and O–H groups in total. The first-order chi connectivity index (χ1) is 15.8. The van der Waals surface area contributed by atoms with Crippen LogP contribution >= 0.6 is 0 Å². The topological polar surface area (TPSA) is 115 Å². The van der Waals surface area contributed by atoms with E-state index in [9.17, 15) is 20.4 Å². The lowest BCUT2D eigenvalue weighted by Gasteiger charge is -2.40. The van der Waals surface area contributed by atoms with Gasteiger partial charge in [-0.25, -0.2) is 4.39 Å². The van der Waals surface area contributed by atoms with Crippen molar-refractivity contribution in [1.29, 1.82) is 0 Å². The van der Waals surface area contributed by atoms with E-state index in [0.29, 0.717) is 24.0 Å². The first-order valence-electron chi connectivity index (χ1n) is 11.1. The van der Waals surface area contributed by atoms with E-state index >= 15 is 4.39 Å². The van der Waals surface area contributed by atoms with Gasteiger partial charge in [0.15, 0.2) is 0 Å². The fourth-order valence-electron chi connectivity index (χ4n) is 4.60. The molecule has 3 aromatic rings. The number of halogens is 1. The van der Waals surface area contributed by atoms with Crippen molar-refractivity contribution in [2.45, 2.75) is 56.8 Å². The van der Waals surface area contributed by atoms with Crippen LogP contribution in [0.4, 0.5) is 4.39 Å². The van der Waals surface area contributed by atoms with Crippen molar-refractivity contribution in [1.82, 2.24) is 4.57 Å². The lowest BCUT2D eigenvalue weighted by molar-refractivity contribution is -0.231. The number of ether oxygens (including phenoxy) is 1. The summed E-state index contributed by atoms with van der Waals surface area (Å²) in [6.07, 6.45) is -3.53. The van der Waals surface area contributed by atoms with E-state index in [1.165, 1.54) is 6.07 Å². The number of aliphatic hydroxyl groups excluding tert-OH is 5.